The maximum absolute atomic E-state index is 13.0. The van der Waals surface area contributed by atoms with Crippen molar-refractivity contribution < 1.29 is 17.9 Å². The van der Waals surface area contributed by atoms with Crippen molar-refractivity contribution in [2.24, 2.45) is 10.8 Å². The molecular weight excluding hydrogens is 545 g/mol. The summed E-state index contributed by atoms with van der Waals surface area (Å²) in [4.78, 5) is 15.8. The number of carbonyl (C=O) groups is 1. The van der Waals surface area contributed by atoms with Gasteiger partial charge in [-0.15, -0.1) is 36.2 Å². The van der Waals surface area contributed by atoms with E-state index < -0.39 is 16.1 Å². The first-order chi connectivity index (χ1) is 16.2. The van der Waals surface area contributed by atoms with Gasteiger partial charge in [0.15, 0.2) is 0 Å². The van der Waals surface area contributed by atoms with Gasteiger partial charge in [0.25, 0.3) is 10.0 Å². The molecule has 0 aliphatic heterocycles. The molecular formula is C23H31Cl2N5O4S2. The number of hydrogen-bond donors (Lipinski definition) is 3. The largest absolute Gasteiger partial charge is 0.496 e. The number of aromatic nitrogens is 1. The first-order valence-electron chi connectivity index (χ1n) is 10.7. The standard InChI is InChI=1S/C23H29N5O4S2.2ClH/c1-14-11-20(32-4)15(2)16(3)22(14)34(30,31)26-13-25-28-19(10-9-17(24)12-29)23-27-18-7-5-6-8-21(18)33-23;;/h5-8,11-13,17,19,28H,9-10,24H2,1-4H3,(H,25,26);2*1H/t17-,19?;;/m0../s1. The molecule has 1 heterocycles. The van der Waals surface area contributed by atoms with Gasteiger partial charge in [0.2, 0.25) is 0 Å². The lowest BCUT2D eigenvalue weighted by Crippen LogP contribution is -2.27. The molecule has 0 saturated heterocycles. The zero-order valence-corrected chi connectivity index (χ0v) is 23.6. The predicted molar refractivity (Wildman–Crippen MR) is 149 cm³/mol. The van der Waals surface area contributed by atoms with Crippen molar-refractivity contribution in [3.8, 4) is 5.75 Å². The number of para-hydroxylation sites is 1. The highest BCUT2D eigenvalue weighted by Gasteiger charge is 2.22. The van der Waals surface area contributed by atoms with E-state index in [0.717, 1.165) is 27.1 Å². The van der Waals surface area contributed by atoms with Gasteiger partial charge < -0.3 is 15.3 Å². The molecule has 2 atom stereocenters. The fourth-order valence-electron chi connectivity index (χ4n) is 3.64. The summed E-state index contributed by atoms with van der Waals surface area (Å²) in [7, 11) is -2.30. The minimum Gasteiger partial charge on any atom is -0.496 e. The Balaban J connectivity index is 0.00000324. The number of halogens is 2. The Morgan fingerprint density at radius 3 is 2.50 bits per heavy atom. The normalized spacial score (nSPS) is 12.9. The summed E-state index contributed by atoms with van der Waals surface area (Å²) in [5, 5.41) is 4.87. The first kappa shape index (κ1) is 31.6. The number of nitrogens with zero attached hydrogens (tertiary/aromatic N) is 2. The summed E-state index contributed by atoms with van der Waals surface area (Å²) in [5.74, 6) is 0.636. The monoisotopic (exact) mass is 575 g/mol. The molecule has 0 amide bonds. The molecule has 0 spiro atoms. The zero-order valence-electron chi connectivity index (χ0n) is 20.3. The van der Waals surface area contributed by atoms with E-state index in [0.29, 0.717) is 36.0 Å². The third-order valence-corrected chi connectivity index (χ3v) is 8.27. The van der Waals surface area contributed by atoms with Crippen LogP contribution in [0.4, 0.5) is 0 Å². The zero-order chi connectivity index (χ0) is 24.9. The van der Waals surface area contributed by atoms with Gasteiger partial charge in [-0.3, -0.25) is 10.1 Å². The second-order valence-corrected chi connectivity index (χ2v) is 10.6. The van der Waals surface area contributed by atoms with Crippen LogP contribution in [-0.2, 0) is 14.8 Å². The number of methoxy groups -OCH3 is 1. The maximum atomic E-state index is 13.0. The van der Waals surface area contributed by atoms with E-state index in [9.17, 15) is 13.2 Å². The molecule has 3 aromatic rings. The number of carbonyl (C=O) groups excluding carboxylic acids is 1. The predicted octanol–water partition coefficient (Wildman–Crippen LogP) is 3.93. The van der Waals surface area contributed by atoms with Gasteiger partial charge in [-0.2, -0.15) is 5.10 Å². The topological polar surface area (TPSA) is 136 Å². The number of thiazole rings is 1. The molecule has 13 heteroatoms. The average molecular weight is 577 g/mol. The minimum absolute atomic E-state index is 0. The molecule has 9 nitrogen and oxygen atoms in total. The van der Waals surface area contributed by atoms with Crippen LogP contribution in [-0.4, -0.2) is 39.2 Å². The molecule has 1 unspecified atom stereocenters. The van der Waals surface area contributed by atoms with E-state index in [-0.39, 0.29) is 35.8 Å². The molecule has 2 aromatic carbocycles. The van der Waals surface area contributed by atoms with Gasteiger partial charge in [0, 0.05) is 0 Å². The fraction of sp³-hybridized carbons (Fsp3) is 0.348. The Kier molecular flexibility index (Phi) is 12.1. The van der Waals surface area contributed by atoms with Crippen LogP contribution in [0, 0.1) is 20.8 Å². The second kappa shape index (κ2) is 13.8. The number of nitrogens with two attached hydrogens (primary N) is 1. The lowest BCUT2D eigenvalue weighted by atomic mass is 10.1. The van der Waals surface area contributed by atoms with Crippen LogP contribution >= 0.6 is 36.2 Å². The van der Waals surface area contributed by atoms with Gasteiger partial charge in [-0.25, -0.2) is 13.4 Å². The van der Waals surface area contributed by atoms with Crippen LogP contribution in [0.1, 0.15) is 40.6 Å². The highest BCUT2D eigenvalue weighted by molar-refractivity contribution is 7.90. The lowest BCUT2D eigenvalue weighted by molar-refractivity contribution is -0.109. The first-order valence-corrected chi connectivity index (χ1v) is 13.0. The Hall–Kier alpha value is -2.44. The second-order valence-electron chi connectivity index (χ2n) is 7.93. The summed E-state index contributed by atoms with van der Waals surface area (Å²) in [6.45, 7) is 5.28. The number of hydrogen-bond acceptors (Lipinski definition) is 9. The van der Waals surface area contributed by atoms with Crippen LogP contribution in [0.2, 0.25) is 0 Å². The summed E-state index contributed by atoms with van der Waals surface area (Å²) < 4.78 is 34.7. The maximum Gasteiger partial charge on any atom is 0.263 e. The number of aryl methyl sites for hydroxylation is 1. The molecule has 0 saturated carbocycles. The van der Waals surface area contributed by atoms with Crippen LogP contribution in [0.25, 0.3) is 10.2 Å². The SMILES string of the molecule is COc1cc(C)c(S(=O)(=O)NC=NNC(CC[C@H](N)C=O)c2nc3ccccc3s2)c(C)c1C.Cl.Cl. The van der Waals surface area contributed by atoms with Crippen molar-refractivity contribution in [3.05, 3.63) is 52.0 Å². The molecule has 4 N–H and O–H groups in total. The smallest absolute Gasteiger partial charge is 0.263 e. The van der Waals surface area contributed by atoms with Gasteiger partial charge in [0.1, 0.15) is 23.4 Å². The summed E-state index contributed by atoms with van der Waals surface area (Å²) >= 11 is 1.51. The summed E-state index contributed by atoms with van der Waals surface area (Å²) in [5.41, 5.74) is 11.5. The number of ether oxygens (including phenoxy) is 1. The number of aldehydes is 1. The van der Waals surface area contributed by atoms with E-state index in [1.165, 1.54) is 11.3 Å². The van der Waals surface area contributed by atoms with Crippen LogP contribution in [0.15, 0.2) is 40.3 Å². The van der Waals surface area contributed by atoms with Crippen molar-refractivity contribution in [2.45, 2.75) is 50.6 Å². The molecule has 3 rings (SSSR count). The molecule has 0 bridgehead atoms. The molecule has 1 aromatic heterocycles. The molecule has 0 aliphatic carbocycles. The molecule has 0 aliphatic rings. The minimum atomic E-state index is -3.86. The molecule has 198 valence electrons. The number of sulfonamides is 1. The summed E-state index contributed by atoms with van der Waals surface area (Å²) in [6, 6.07) is 8.51. The van der Waals surface area contributed by atoms with E-state index in [4.69, 9.17) is 10.5 Å². The van der Waals surface area contributed by atoms with Crippen molar-refractivity contribution in [1.82, 2.24) is 15.1 Å². The summed E-state index contributed by atoms with van der Waals surface area (Å²) in [6.07, 6.45) is 2.74. The van der Waals surface area contributed by atoms with E-state index >= 15 is 0 Å². The van der Waals surface area contributed by atoms with E-state index in [2.05, 4.69) is 20.2 Å². The van der Waals surface area contributed by atoms with Crippen molar-refractivity contribution >= 4 is 69.0 Å². The highest BCUT2D eigenvalue weighted by atomic mass is 35.5. The number of fused-ring (bicyclic) bond motifs is 1. The van der Waals surface area contributed by atoms with Crippen molar-refractivity contribution in [3.63, 3.8) is 0 Å². The highest BCUT2D eigenvalue weighted by Crippen LogP contribution is 2.31. The van der Waals surface area contributed by atoms with E-state index in [1.807, 2.05) is 31.2 Å². The van der Waals surface area contributed by atoms with Gasteiger partial charge in [0.05, 0.1) is 34.3 Å². The lowest BCUT2D eigenvalue weighted by Gasteiger charge is -2.16. The van der Waals surface area contributed by atoms with E-state index in [1.54, 1.807) is 27.0 Å². The van der Waals surface area contributed by atoms with Crippen molar-refractivity contribution in [1.29, 1.82) is 0 Å². The third kappa shape index (κ3) is 7.30. The number of hydrazone groups is 1. The van der Waals surface area contributed by atoms with Gasteiger partial charge in [-0.05, 0) is 68.5 Å². The Morgan fingerprint density at radius 1 is 1.17 bits per heavy atom. The Morgan fingerprint density at radius 2 is 1.86 bits per heavy atom. The Bertz CT molecular complexity index is 1280. The fourth-order valence-corrected chi connectivity index (χ4v) is 6.03. The Labute approximate surface area is 227 Å². The van der Waals surface area contributed by atoms with Crippen LogP contribution in [0.3, 0.4) is 0 Å². The number of rotatable bonds is 11. The van der Waals surface area contributed by atoms with Crippen molar-refractivity contribution in [2.75, 3.05) is 7.11 Å². The van der Waals surface area contributed by atoms with Gasteiger partial charge >= 0.3 is 0 Å². The third-order valence-electron chi connectivity index (χ3n) is 5.54. The number of nitrogens with one attached hydrogen (secondary N) is 2. The van der Waals surface area contributed by atoms with Gasteiger partial charge in [-0.1, -0.05) is 12.1 Å². The molecule has 0 fully saturated rings. The molecule has 36 heavy (non-hydrogen) atoms. The molecule has 0 radical (unpaired) electrons. The number of benzene rings is 2. The quantitative estimate of drug-likeness (QED) is 0.136. The average Bonchev–Trinajstić information content (AvgIpc) is 3.24. The van der Waals surface area contributed by atoms with Crippen LogP contribution < -0.4 is 20.6 Å². The van der Waals surface area contributed by atoms with Crippen LogP contribution in [0.5, 0.6) is 5.75 Å².